The molecule has 0 spiro atoms. The van der Waals surface area contributed by atoms with Gasteiger partial charge in [-0.25, -0.2) is 0 Å². The minimum Gasteiger partial charge on any atom is -0.384 e. The predicted molar refractivity (Wildman–Crippen MR) is 89.9 cm³/mol. The highest BCUT2D eigenvalue weighted by molar-refractivity contribution is 9.11. The monoisotopic (exact) mass is 390 g/mol. The lowest BCUT2D eigenvalue weighted by Crippen LogP contribution is -2.00. The van der Waals surface area contributed by atoms with Crippen LogP contribution in [-0.2, 0) is 0 Å². The highest BCUT2D eigenvalue weighted by Gasteiger charge is 2.14. The van der Waals surface area contributed by atoms with E-state index in [4.69, 9.17) is 0 Å². The largest absolute Gasteiger partial charge is 0.384 e. The van der Waals surface area contributed by atoms with Crippen molar-refractivity contribution in [2.45, 2.75) is 6.10 Å². The van der Waals surface area contributed by atoms with Gasteiger partial charge in [0, 0.05) is 8.95 Å². The summed E-state index contributed by atoms with van der Waals surface area (Å²) in [5.74, 6) is 0. The van der Waals surface area contributed by atoms with Crippen molar-refractivity contribution in [2.75, 3.05) is 0 Å². The van der Waals surface area contributed by atoms with Crippen molar-refractivity contribution in [3.8, 4) is 0 Å². The Labute approximate surface area is 134 Å². The third kappa shape index (κ3) is 2.53. The molecule has 0 aromatic heterocycles. The van der Waals surface area contributed by atoms with Crippen LogP contribution in [0.4, 0.5) is 0 Å². The van der Waals surface area contributed by atoms with Gasteiger partial charge >= 0.3 is 0 Å². The fraction of sp³-hybridized carbons (Fsp3) is 0.0588. The third-order valence-corrected chi connectivity index (χ3v) is 4.55. The summed E-state index contributed by atoms with van der Waals surface area (Å²) >= 11 is 7.00. The van der Waals surface area contributed by atoms with Crippen molar-refractivity contribution < 1.29 is 5.11 Å². The Kier molecular flexibility index (Phi) is 3.92. The van der Waals surface area contributed by atoms with Crippen molar-refractivity contribution in [1.82, 2.24) is 0 Å². The van der Waals surface area contributed by atoms with Gasteiger partial charge in [0.25, 0.3) is 0 Å². The zero-order valence-corrected chi connectivity index (χ0v) is 13.7. The molecule has 100 valence electrons. The van der Waals surface area contributed by atoms with Crippen LogP contribution >= 0.6 is 31.9 Å². The number of hydrogen-bond acceptors (Lipinski definition) is 1. The van der Waals surface area contributed by atoms with Gasteiger partial charge in [-0.1, -0.05) is 74.3 Å². The first kappa shape index (κ1) is 13.8. The topological polar surface area (TPSA) is 20.2 Å². The Morgan fingerprint density at radius 2 is 1.55 bits per heavy atom. The molecule has 3 rings (SSSR count). The fourth-order valence-corrected chi connectivity index (χ4v) is 3.28. The van der Waals surface area contributed by atoms with Crippen LogP contribution in [0.5, 0.6) is 0 Å². The summed E-state index contributed by atoms with van der Waals surface area (Å²) in [6.07, 6.45) is -0.634. The van der Waals surface area contributed by atoms with Gasteiger partial charge in [0.2, 0.25) is 0 Å². The van der Waals surface area contributed by atoms with Crippen molar-refractivity contribution >= 4 is 42.6 Å². The number of benzene rings is 3. The molecule has 3 aromatic carbocycles. The van der Waals surface area contributed by atoms with Crippen molar-refractivity contribution in [3.05, 3.63) is 80.7 Å². The molecule has 0 aliphatic rings. The number of fused-ring (bicyclic) bond motifs is 1. The molecule has 0 saturated heterocycles. The first-order valence-electron chi connectivity index (χ1n) is 6.27. The summed E-state index contributed by atoms with van der Waals surface area (Å²) in [7, 11) is 0. The summed E-state index contributed by atoms with van der Waals surface area (Å²) in [5, 5.41) is 12.8. The molecule has 0 aliphatic heterocycles. The first-order chi connectivity index (χ1) is 9.66. The molecule has 1 unspecified atom stereocenters. The second-order valence-electron chi connectivity index (χ2n) is 4.64. The maximum absolute atomic E-state index is 10.7. The van der Waals surface area contributed by atoms with Crippen molar-refractivity contribution in [2.24, 2.45) is 0 Å². The molecular formula is C17H12Br2O. The zero-order chi connectivity index (χ0) is 14.1. The zero-order valence-electron chi connectivity index (χ0n) is 10.6. The molecular weight excluding hydrogens is 380 g/mol. The van der Waals surface area contributed by atoms with E-state index in [0.29, 0.717) is 0 Å². The molecule has 0 radical (unpaired) electrons. The average molecular weight is 392 g/mol. The van der Waals surface area contributed by atoms with E-state index in [1.807, 2.05) is 54.6 Å². The number of rotatable bonds is 2. The normalized spacial score (nSPS) is 12.6. The number of halogens is 2. The smallest absolute Gasteiger partial charge is 0.105 e. The van der Waals surface area contributed by atoms with Crippen LogP contribution in [0.1, 0.15) is 17.2 Å². The highest BCUT2D eigenvalue weighted by Crippen LogP contribution is 2.33. The molecule has 20 heavy (non-hydrogen) atoms. The quantitative estimate of drug-likeness (QED) is 0.616. The Hall–Kier alpha value is -1.16. The molecule has 0 fully saturated rings. The van der Waals surface area contributed by atoms with Gasteiger partial charge in [-0.3, -0.25) is 0 Å². The molecule has 0 amide bonds. The summed E-state index contributed by atoms with van der Waals surface area (Å²) < 4.78 is 2.01. The Morgan fingerprint density at radius 1 is 0.800 bits per heavy atom. The van der Waals surface area contributed by atoms with Gasteiger partial charge in [-0.05, 0) is 40.1 Å². The standard InChI is InChI=1S/C17H12Br2O/c18-12-5-3-4-11(10-12)17(20)15-8-9-16(19)14-7-2-1-6-13(14)15/h1-10,17,20H. The first-order valence-corrected chi connectivity index (χ1v) is 7.86. The van der Waals surface area contributed by atoms with E-state index in [-0.39, 0.29) is 0 Å². The highest BCUT2D eigenvalue weighted by atomic mass is 79.9. The molecule has 1 atom stereocenters. The van der Waals surface area contributed by atoms with Gasteiger partial charge in [0.05, 0.1) is 0 Å². The van der Waals surface area contributed by atoms with Crippen LogP contribution in [0, 0.1) is 0 Å². The lowest BCUT2D eigenvalue weighted by Gasteiger charge is -2.15. The molecule has 0 heterocycles. The third-order valence-electron chi connectivity index (χ3n) is 3.36. The van der Waals surface area contributed by atoms with E-state index in [0.717, 1.165) is 30.8 Å². The number of hydrogen-bond donors (Lipinski definition) is 1. The second-order valence-corrected chi connectivity index (χ2v) is 6.41. The van der Waals surface area contributed by atoms with Crippen LogP contribution < -0.4 is 0 Å². The SMILES string of the molecule is OC(c1cccc(Br)c1)c1ccc(Br)c2ccccc12. The van der Waals surface area contributed by atoms with E-state index in [9.17, 15) is 5.11 Å². The Morgan fingerprint density at radius 3 is 2.30 bits per heavy atom. The second kappa shape index (κ2) is 5.68. The van der Waals surface area contributed by atoms with Gasteiger partial charge in [-0.2, -0.15) is 0 Å². The van der Waals surface area contributed by atoms with Gasteiger partial charge in [0.1, 0.15) is 6.10 Å². The molecule has 1 N–H and O–H groups in total. The van der Waals surface area contributed by atoms with Crippen LogP contribution in [0.3, 0.4) is 0 Å². The van der Waals surface area contributed by atoms with Crippen molar-refractivity contribution in [3.63, 3.8) is 0 Å². The lowest BCUT2D eigenvalue weighted by atomic mass is 9.96. The van der Waals surface area contributed by atoms with E-state index >= 15 is 0 Å². The van der Waals surface area contributed by atoms with Gasteiger partial charge in [0.15, 0.2) is 0 Å². The van der Waals surface area contributed by atoms with Crippen LogP contribution in [0.25, 0.3) is 10.8 Å². The average Bonchev–Trinajstić information content (AvgIpc) is 2.47. The maximum atomic E-state index is 10.7. The molecule has 0 saturated carbocycles. The maximum Gasteiger partial charge on any atom is 0.105 e. The molecule has 3 aromatic rings. The van der Waals surface area contributed by atoms with Crippen LogP contribution in [0.2, 0.25) is 0 Å². The Balaban J connectivity index is 2.17. The van der Waals surface area contributed by atoms with E-state index < -0.39 is 6.10 Å². The molecule has 3 heteroatoms. The fourth-order valence-electron chi connectivity index (χ4n) is 2.38. The van der Waals surface area contributed by atoms with E-state index in [1.165, 1.54) is 0 Å². The molecule has 0 aliphatic carbocycles. The van der Waals surface area contributed by atoms with Crippen LogP contribution in [-0.4, -0.2) is 5.11 Å². The summed E-state index contributed by atoms with van der Waals surface area (Å²) in [6.45, 7) is 0. The van der Waals surface area contributed by atoms with E-state index in [2.05, 4.69) is 37.9 Å². The summed E-state index contributed by atoms with van der Waals surface area (Å²) in [4.78, 5) is 0. The number of aliphatic hydroxyl groups excluding tert-OH is 1. The molecule has 0 bridgehead atoms. The lowest BCUT2D eigenvalue weighted by molar-refractivity contribution is 0.222. The van der Waals surface area contributed by atoms with Gasteiger partial charge in [-0.15, -0.1) is 0 Å². The summed E-state index contributed by atoms with van der Waals surface area (Å²) in [5.41, 5.74) is 1.80. The minimum absolute atomic E-state index is 0.634. The van der Waals surface area contributed by atoms with Gasteiger partial charge < -0.3 is 5.11 Å². The van der Waals surface area contributed by atoms with E-state index in [1.54, 1.807) is 0 Å². The summed E-state index contributed by atoms with van der Waals surface area (Å²) in [6, 6.07) is 19.8. The van der Waals surface area contributed by atoms with Crippen LogP contribution in [0.15, 0.2) is 69.6 Å². The number of aliphatic hydroxyl groups is 1. The molecule has 1 nitrogen and oxygen atoms in total. The Bertz CT molecular complexity index is 768. The minimum atomic E-state index is -0.634. The predicted octanol–water partition coefficient (Wildman–Crippen LogP) is 5.45. The van der Waals surface area contributed by atoms with Crippen molar-refractivity contribution in [1.29, 1.82) is 0 Å².